The Bertz CT molecular complexity index is 1740. The van der Waals surface area contributed by atoms with Gasteiger partial charge in [-0.2, -0.15) is 0 Å². The first-order valence-corrected chi connectivity index (χ1v) is 13.6. The highest BCUT2D eigenvalue weighted by molar-refractivity contribution is 6.00. The second-order valence-corrected chi connectivity index (χ2v) is 10.7. The van der Waals surface area contributed by atoms with E-state index < -0.39 is 17.9 Å². The van der Waals surface area contributed by atoms with Gasteiger partial charge in [-0.05, 0) is 61.7 Å². The summed E-state index contributed by atoms with van der Waals surface area (Å²) in [5, 5.41) is 23.4. The van der Waals surface area contributed by atoms with E-state index in [1.54, 1.807) is 36.5 Å². The van der Waals surface area contributed by atoms with Crippen LogP contribution in [0.2, 0.25) is 0 Å². The van der Waals surface area contributed by atoms with E-state index in [1.165, 1.54) is 6.42 Å². The molecule has 1 fully saturated rings. The largest absolute Gasteiger partial charge is 0.508 e. The molecule has 4 N–H and O–H groups in total. The second kappa shape index (κ2) is 10.2. The molecule has 40 heavy (non-hydrogen) atoms. The molecule has 0 spiro atoms. The molecule has 1 saturated carbocycles. The molecule has 1 amide bonds. The van der Waals surface area contributed by atoms with Crippen LogP contribution in [0.15, 0.2) is 48.8 Å². The number of nitrogens with one attached hydrogen (secondary N) is 2. The van der Waals surface area contributed by atoms with E-state index in [9.17, 15) is 19.8 Å². The maximum atomic E-state index is 13.3. The molecule has 3 heterocycles. The summed E-state index contributed by atoms with van der Waals surface area (Å²) in [6.07, 6.45) is 9.40. The molecule has 0 aliphatic heterocycles. The lowest BCUT2D eigenvalue weighted by atomic mass is 9.95. The number of carbonyl (C=O) groups is 2. The molecule has 10 heteroatoms. The number of benzene rings is 2. The number of aromatic hydroxyl groups is 1. The smallest absolute Gasteiger partial charge is 0.326 e. The summed E-state index contributed by atoms with van der Waals surface area (Å²) in [5.74, 6) is 0.00389. The van der Waals surface area contributed by atoms with Gasteiger partial charge in [-0.25, -0.2) is 14.8 Å². The van der Waals surface area contributed by atoms with Crippen molar-refractivity contribution in [3.63, 3.8) is 0 Å². The molecule has 1 atom stereocenters. The predicted octanol–water partition coefficient (Wildman–Crippen LogP) is 4.86. The first-order valence-electron chi connectivity index (χ1n) is 13.6. The van der Waals surface area contributed by atoms with Crippen molar-refractivity contribution in [1.29, 1.82) is 0 Å². The lowest BCUT2D eigenvalue weighted by Crippen LogP contribution is -2.42. The van der Waals surface area contributed by atoms with Crippen molar-refractivity contribution in [3.8, 4) is 17.4 Å². The van der Waals surface area contributed by atoms with Crippen LogP contribution < -0.4 is 5.32 Å². The van der Waals surface area contributed by atoms with Gasteiger partial charge in [0.05, 0.1) is 11.0 Å². The molecule has 0 unspecified atom stereocenters. The predicted molar refractivity (Wildman–Crippen MR) is 151 cm³/mol. The van der Waals surface area contributed by atoms with Crippen molar-refractivity contribution >= 4 is 33.8 Å². The molecular formula is C30H32N6O4. The van der Waals surface area contributed by atoms with Crippen molar-refractivity contribution in [3.05, 3.63) is 65.6 Å². The molecule has 0 bridgehead atoms. The van der Waals surface area contributed by atoms with Crippen LogP contribution in [-0.4, -0.2) is 52.2 Å². The molecule has 6 rings (SSSR count). The number of nitrogens with zero attached hydrogens (tertiary/aromatic N) is 4. The highest BCUT2D eigenvalue weighted by Crippen LogP contribution is 2.35. The Morgan fingerprint density at radius 3 is 2.65 bits per heavy atom. The van der Waals surface area contributed by atoms with Gasteiger partial charge in [0.25, 0.3) is 5.91 Å². The average molecular weight is 541 g/mol. The zero-order chi connectivity index (χ0) is 28.0. The van der Waals surface area contributed by atoms with E-state index in [0.29, 0.717) is 17.1 Å². The molecule has 0 saturated heterocycles. The summed E-state index contributed by atoms with van der Waals surface area (Å²) in [6, 6.07) is 9.43. The lowest BCUT2D eigenvalue weighted by molar-refractivity contribution is -0.139. The number of fused-ring (bicyclic) bond motifs is 2. The van der Waals surface area contributed by atoms with Crippen LogP contribution in [0, 0.1) is 6.92 Å². The number of phenols is 1. The fraction of sp³-hybridized carbons (Fsp3) is 0.333. The Morgan fingerprint density at radius 1 is 1.12 bits per heavy atom. The van der Waals surface area contributed by atoms with Gasteiger partial charge in [-0.15, -0.1) is 0 Å². The van der Waals surface area contributed by atoms with Crippen LogP contribution in [-0.2, 0) is 18.3 Å². The summed E-state index contributed by atoms with van der Waals surface area (Å²) < 4.78 is 4.20. The standard InChI is InChI=1S/C30H32N6O4/c1-17-21(22-15-20(37)9-10-23(22)32-17)16-25(30(39)40)34-29(38)18-8-11-26-24(14-18)33-28(27-31-12-13-35(27)2)36(26)19-6-4-3-5-7-19/h8-15,19,25,32,37H,3-7,16H2,1-2H3,(H,34,38)(H,39,40)/t25-/m0/s1. The minimum absolute atomic E-state index is 0.0677. The number of hydrogen-bond acceptors (Lipinski definition) is 5. The van der Waals surface area contributed by atoms with Gasteiger partial charge in [-0.1, -0.05) is 19.3 Å². The van der Waals surface area contributed by atoms with Gasteiger partial charge in [0, 0.05) is 54.1 Å². The quantitative estimate of drug-likeness (QED) is 0.233. The number of aryl methyl sites for hydroxylation is 2. The number of rotatable bonds is 7. The molecule has 1 aliphatic carbocycles. The molecule has 1 aliphatic rings. The number of aromatic nitrogens is 5. The number of aliphatic carboxylic acids is 1. The summed E-state index contributed by atoms with van der Waals surface area (Å²) in [7, 11) is 1.94. The summed E-state index contributed by atoms with van der Waals surface area (Å²) >= 11 is 0. The lowest BCUT2D eigenvalue weighted by Gasteiger charge is -2.25. The van der Waals surface area contributed by atoms with E-state index in [4.69, 9.17) is 4.98 Å². The van der Waals surface area contributed by atoms with Crippen molar-refractivity contribution in [2.45, 2.75) is 57.5 Å². The second-order valence-electron chi connectivity index (χ2n) is 10.7. The van der Waals surface area contributed by atoms with Crippen LogP contribution in [0.4, 0.5) is 0 Å². The molecule has 5 aromatic rings. The van der Waals surface area contributed by atoms with E-state index >= 15 is 0 Å². The number of phenolic OH excluding ortho intramolecular Hbond substituents is 1. The van der Waals surface area contributed by atoms with Gasteiger partial charge in [-0.3, -0.25) is 4.79 Å². The van der Waals surface area contributed by atoms with Crippen LogP contribution in [0.1, 0.15) is 59.8 Å². The maximum Gasteiger partial charge on any atom is 0.326 e. The highest BCUT2D eigenvalue weighted by atomic mass is 16.4. The highest BCUT2D eigenvalue weighted by Gasteiger charge is 2.27. The van der Waals surface area contributed by atoms with Crippen LogP contribution in [0.5, 0.6) is 5.75 Å². The fourth-order valence-corrected chi connectivity index (χ4v) is 5.97. The van der Waals surface area contributed by atoms with Gasteiger partial charge in [0.1, 0.15) is 11.8 Å². The Balaban J connectivity index is 1.32. The zero-order valence-electron chi connectivity index (χ0n) is 22.5. The number of carboxylic acids is 1. The molecule has 10 nitrogen and oxygen atoms in total. The summed E-state index contributed by atoms with van der Waals surface area (Å²) in [6.45, 7) is 1.85. The average Bonchev–Trinajstić information content (AvgIpc) is 3.62. The number of hydrogen-bond donors (Lipinski definition) is 4. The summed E-state index contributed by atoms with van der Waals surface area (Å²) in [5.41, 5.74) is 4.27. The Morgan fingerprint density at radius 2 is 1.93 bits per heavy atom. The number of aromatic amines is 1. The van der Waals surface area contributed by atoms with E-state index in [-0.39, 0.29) is 12.2 Å². The first-order chi connectivity index (χ1) is 19.3. The third-order valence-electron chi connectivity index (χ3n) is 8.03. The van der Waals surface area contributed by atoms with Crippen molar-refractivity contribution < 1.29 is 19.8 Å². The van der Waals surface area contributed by atoms with E-state index in [0.717, 1.165) is 65.0 Å². The first kappa shape index (κ1) is 25.7. The zero-order valence-corrected chi connectivity index (χ0v) is 22.5. The topological polar surface area (TPSA) is 138 Å². The normalized spacial score (nSPS) is 15.1. The number of carboxylic acid groups (broad SMARTS) is 1. The van der Waals surface area contributed by atoms with Gasteiger partial charge < -0.3 is 29.6 Å². The van der Waals surface area contributed by atoms with Crippen molar-refractivity contribution in [1.82, 2.24) is 29.4 Å². The molecule has 3 aromatic heterocycles. The van der Waals surface area contributed by atoms with Gasteiger partial charge in [0.2, 0.25) is 0 Å². The Kier molecular flexibility index (Phi) is 6.53. The number of imidazole rings is 2. The van der Waals surface area contributed by atoms with E-state index in [1.807, 2.05) is 30.8 Å². The number of H-pyrrole nitrogens is 1. The van der Waals surface area contributed by atoms with Crippen LogP contribution in [0.3, 0.4) is 0 Å². The third kappa shape index (κ3) is 4.59. The monoisotopic (exact) mass is 540 g/mol. The van der Waals surface area contributed by atoms with Crippen LogP contribution >= 0.6 is 0 Å². The minimum atomic E-state index is -1.16. The van der Waals surface area contributed by atoms with Crippen molar-refractivity contribution in [2.75, 3.05) is 0 Å². The van der Waals surface area contributed by atoms with Crippen molar-refractivity contribution in [2.24, 2.45) is 7.05 Å². The van der Waals surface area contributed by atoms with Gasteiger partial charge >= 0.3 is 5.97 Å². The van der Waals surface area contributed by atoms with E-state index in [2.05, 4.69) is 19.9 Å². The third-order valence-corrected chi connectivity index (χ3v) is 8.03. The maximum absolute atomic E-state index is 13.3. The summed E-state index contributed by atoms with van der Waals surface area (Å²) in [4.78, 5) is 38.2. The van der Waals surface area contributed by atoms with Gasteiger partial charge in [0.15, 0.2) is 11.6 Å². The Labute approximate surface area is 230 Å². The SMILES string of the molecule is Cc1[nH]c2ccc(O)cc2c1C[C@H](NC(=O)c1ccc2c(c1)nc(-c1nccn1C)n2C1CCCCC1)C(=O)O. The number of carbonyl (C=O) groups excluding carboxylic acids is 1. The Hall–Kier alpha value is -4.60. The number of amides is 1. The fourth-order valence-electron chi connectivity index (χ4n) is 5.97. The molecule has 0 radical (unpaired) electrons. The van der Waals surface area contributed by atoms with Crippen LogP contribution in [0.25, 0.3) is 33.6 Å². The minimum Gasteiger partial charge on any atom is -0.508 e. The molecule has 2 aromatic carbocycles. The molecular weight excluding hydrogens is 508 g/mol. The molecule has 206 valence electrons.